The summed E-state index contributed by atoms with van der Waals surface area (Å²) >= 11 is 0. The standard InChI is InChI=1S/C15H26N4O/c1-10(2)7-11(8-16)15(20)18-13-5-4-6-14-12(13)9-17-19(14)3/h9-11,13H,4-8,16H2,1-3H3,(H,18,20). The highest BCUT2D eigenvalue weighted by Gasteiger charge is 2.27. The molecule has 20 heavy (non-hydrogen) atoms. The predicted octanol–water partition coefficient (Wildman–Crippen LogP) is 1.53. The first-order valence-corrected chi connectivity index (χ1v) is 7.54. The number of nitrogens with one attached hydrogen (secondary N) is 1. The molecule has 1 aliphatic rings. The van der Waals surface area contributed by atoms with Crippen LogP contribution in [0.2, 0.25) is 0 Å². The van der Waals surface area contributed by atoms with Crippen LogP contribution in [0.25, 0.3) is 0 Å². The van der Waals surface area contributed by atoms with E-state index in [1.54, 1.807) is 0 Å². The molecule has 2 atom stereocenters. The van der Waals surface area contributed by atoms with E-state index < -0.39 is 0 Å². The lowest BCUT2D eigenvalue weighted by molar-refractivity contribution is -0.126. The van der Waals surface area contributed by atoms with Gasteiger partial charge in [-0.2, -0.15) is 5.10 Å². The van der Waals surface area contributed by atoms with Crippen LogP contribution < -0.4 is 11.1 Å². The molecule has 112 valence electrons. The van der Waals surface area contributed by atoms with Crippen LogP contribution in [-0.4, -0.2) is 22.2 Å². The highest BCUT2D eigenvalue weighted by atomic mass is 16.2. The lowest BCUT2D eigenvalue weighted by Crippen LogP contribution is -2.39. The van der Waals surface area contributed by atoms with Crippen LogP contribution >= 0.6 is 0 Å². The van der Waals surface area contributed by atoms with Gasteiger partial charge in [0.1, 0.15) is 0 Å². The fraction of sp³-hybridized carbons (Fsp3) is 0.733. The van der Waals surface area contributed by atoms with Crippen LogP contribution in [0.1, 0.15) is 50.4 Å². The Labute approximate surface area is 120 Å². The zero-order valence-corrected chi connectivity index (χ0v) is 12.7. The molecule has 0 aromatic carbocycles. The fourth-order valence-corrected chi connectivity index (χ4v) is 3.03. The molecule has 0 saturated heterocycles. The van der Waals surface area contributed by atoms with Crippen molar-refractivity contribution in [3.63, 3.8) is 0 Å². The van der Waals surface area contributed by atoms with Gasteiger partial charge in [0, 0.05) is 24.8 Å². The van der Waals surface area contributed by atoms with Crippen LogP contribution in [0, 0.1) is 11.8 Å². The van der Waals surface area contributed by atoms with Crippen LogP contribution in [0.5, 0.6) is 0 Å². The summed E-state index contributed by atoms with van der Waals surface area (Å²) < 4.78 is 1.92. The zero-order chi connectivity index (χ0) is 14.7. The van der Waals surface area contributed by atoms with E-state index in [0.29, 0.717) is 12.5 Å². The van der Waals surface area contributed by atoms with Crippen molar-refractivity contribution < 1.29 is 4.79 Å². The van der Waals surface area contributed by atoms with Crippen molar-refractivity contribution in [3.05, 3.63) is 17.5 Å². The maximum Gasteiger partial charge on any atom is 0.224 e. The topological polar surface area (TPSA) is 72.9 Å². The number of rotatable bonds is 5. The minimum atomic E-state index is -0.0861. The third-order valence-electron chi connectivity index (χ3n) is 4.10. The number of hydrogen-bond donors (Lipinski definition) is 2. The molecule has 1 aromatic rings. The van der Waals surface area contributed by atoms with Crippen molar-refractivity contribution in [1.29, 1.82) is 0 Å². The third kappa shape index (κ3) is 3.20. The quantitative estimate of drug-likeness (QED) is 0.858. The summed E-state index contributed by atoms with van der Waals surface area (Å²) in [4.78, 5) is 12.4. The van der Waals surface area contributed by atoms with Gasteiger partial charge >= 0.3 is 0 Å². The summed E-state index contributed by atoms with van der Waals surface area (Å²) in [7, 11) is 1.96. The summed E-state index contributed by atoms with van der Waals surface area (Å²) in [5.74, 6) is 0.481. The van der Waals surface area contributed by atoms with Gasteiger partial charge in [-0.05, 0) is 31.6 Å². The summed E-state index contributed by atoms with van der Waals surface area (Å²) in [6, 6.07) is 0.0983. The van der Waals surface area contributed by atoms with Gasteiger partial charge in [0.2, 0.25) is 5.91 Å². The molecule has 2 rings (SSSR count). The second kappa shape index (κ2) is 6.39. The number of nitrogens with zero attached hydrogens (tertiary/aromatic N) is 2. The Bertz CT molecular complexity index is 466. The Morgan fingerprint density at radius 1 is 1.60 bits per heavy atom. The van der Waals surface area contributed by atoms with Gasteiger partial charge in [0.15, 0.2) is 0 Å². The predicted molar refractivity (Wildman–Crippen MR) is 79.0 cm³/mol. The number of nitrogens with two attached hydrogens (primary N) is 1. The van der Waals surface area contributed by atoms with Crippen molar-refractivity contribution >= 4 is 5.91 Å². The zero-order valence-electron chi connectivity index (χ0n) is 12.7. The van der Waals surface area contributed by atoms with Crippen molar-refractivity contribution in [3.8, 4) is 0 Å². The van der Waals surface area contributed by atoms with E-state index in [2.05, 4.69) is 24.3 Å². The Balaban J connectivity index is 2.05. The van der Waals surface area contributed by atoms with Crippen LogP contribution in [0.3, 0.4) is 0 Å². The van der Waals surface area contributed by atoms with Gasteiger partial charge in [-0.1, -0.05) is 13.8 Å². The number of amides is 1. The van der Waals surface area contributed by atoms with E-state index in [1.165, 1.54) is 11.3 Å². The molecule has 5 heteroatoms. The van der Waals surface area contributed by atoms with Gasteiger partial charge in [-0.25, -0.2) is 0 Å². The maximum atomic E-state index is 12.4. The molecule has 1 aromatic heterocycles. The first kappa shape index (κ1) is 15.0. The average Bonchev–Trinajstić information content (AvgIpc) is 2.79. The Morgan fingerprint density at radius 3 is 3.00 bits per heavy atom. The molecule has 1 heterocycles. The number of hydrogen-bond acceptors (Lipinski definition) is 3. The first-order valence-electron chi connectivity index (χ1n) is 7.54. The van der Waals surface area contributed by atoms with E-state index in [-0.39, 0.29) is 17.9 Å². The largest absolute Gasteiger partial charge is 0.349 e. The molecule has 3 N–H and O–H groups in total. The molecule has 0 bridgehead atoms. The monoisotopic (exact) mass is 278 g/mol. The lowest BCUT2D eigenvalue weighted by atomic mass is 9.91. The van der Waals surface area contributed by atoms with E-state index in [9.17, 15) is 4.79 Å². The molecule has 1 amide bonds. The van der Waals surface area contributed by atoms with Gasteiger partial charge in [0.05, 0.1) is 18.2 Å². The van der Waals surface area contributed by atoms with Crippen molar-refractivity contribution in [2.75, 3.05) is 6.54 Å². The Morgan fingerprint density at radius 2 is 2.35 bits per heavy atom. The molecular formula is C15H26N4O. The normalized spacial score (nSPS) is 19.8. The van der Waals surface area contributed by atoms with E-state index >= 15 is 0 Å². The summed E-state index contributed by atoms with van der Waals surface area (Å²) in [5, 5.41) is 7.48. The van der Waals surface area contributed by atoms with E-state index in [0.717, 1.165) is 25.7 Å². The highest BCUT2D eigenvalue weighted by Crippen LogP contribution is 2.29. The van der Waals surface area contributed by atoms with Gasteiger partial charge in [-0.15, -0.1) is 0 Å². The van der Waals surface area contributed by atoms with Gasteiger partial charge in [-0.3, -0.25) is 9.48 Å². The fourth-order valence-electron chi connectivity index (χ4n) is 3.03. The van der Waals surface area contributed by atoms with E-state index in [1.807, 2.05) is 17.9 Å². The Hall–Kier alpha value is -1.36. The molecule has 0 aliphatic heterocycles. The summed E-state index contributed by atoms with van der Waals surface area (Å²) in [6.45, 7) is 4.65. The minimum Gasteiger partial charge on any atom is -0.349 e. The number of aryl methyl sites for hydroxylation is 1. The summed E-state index contributed by atoms with van der Waals surface area (Å²) in [6.07, 6.45) is 5.86. The highest BCUT2D eigenvalue weighted by molar-refractivity contribution is 5.79. The van der Waals surface area contributed by atoms with Crippen LogP contribution in [-0.2, 0) is 18.3 Å². The molecule has 0 fully saturated rings. The van der Waals surface area contributed by atoms with Crippen molar-refractivity contribution in [1.82, 2.24) is 15.1 Å². The van der Waals surface area contributed by atoms with Crippen molar-refractivity contribution in [2.45, 2.75) is 45.6 Å². The van der Waals surface area contributed by atoms with Crippen molar-refractivity contribution in [2.24, 2.45) is 24.6 Å². The molecule has 1 aliphatic carbocycles. The number of aromatic nitrogens is 2. The molecule has 2 unspecified atom stereocenters. The smallest absolute Gasteiger partial charge is 0.224 e. The number of carbonyl (C=O) groups excluding carboxylic acids is 1. The average molecular weight is 278 g/mol. The second-order valence-corrected chi connectivity index (χ2v) is 6.19. The first-order chi connectivity index (χ1) is 9.52. The van der Waals surface area contributed by atoms with Gasteiger partial charge in [0.25, 0.3) is 0 Å². The molecular weight excluding hydrogens is 252 g/mol. The van der Waals surface area contributed by atoms with Crippen LogP contribution in [0.15, 0.2) is 6.20 Å². The Kier molecular flexibility index (Phi) is 4.81. The molecule has 0 spiro atoms. The van der Waals surface area contributed by atoms with Gasteiger partial charge < -0.3 is 11.1 Å². The molecule has 5 nitrogen and oxygen atoms in total. The van der Waals surface area contributed by atoms with E-state index in [4.69, 9.17) is 5.73 Å². The molecule has 0 radical (unpaired) electrons. The third-order valence-corrected chi connectivity index (χ3v) is 4.10. The van der Waals surface area contributed by atoms with Crippen LogP contribution in [0.4, 0.5) is 0 Å². The number of fused-ring (bicyclic) bond motifs is 1. The lowest BCUT2D eigenvalue weighted by Gasteiger charge is -2.26. The molecule has 0 saturated carbocycles. The maximum absolute atomic E-state index is 12.4. The SMILES string of the molecule is CC(C)CC(CN)C(=O)NC1CCCc2c1cnn2C. The second-order valence-electron chi connectivity index (χ2n) is 6.19. The summed E-state index contributed by atoms with van der Waals surface area (Å²) in [5.41, 5.74) is 8.17. The number of carbonyl (C=O) groups is 1. The minimum absolute atomic E-state index is 0.0860.